The Morgan fingerprint density at radius 3 is 1.08 bits per heavy atom. The summed E-state index contributed by atoms with van der Waals surface area (Å²) in [6.07, 6.45) is 2.58. The van der Waals surface area contributed by atoms with E-state index in [9.17, 15) is 0 Å². The molecule has 152 valence electrons. The van der Waals surface area contributed by atoms with Crippen LogP contribution in [0, 0.1) is 0 Å². The van der Waals surface area contributed by atoms with Gasteiger partial charge in [0.05, 0.1) is 0 Å². The summed E-state index contributed by atoms with van der Waals surface area (Å²) in [5.41, 5.74) is 0. The van der Waals surface area contributed by atoms with E-state index in [1.165, 1.54) is 19.4 Å². The summed E-state index contributed by atoms with van der Waals surface area (Å²) in [7, 11) is -3.46. The minimum Gasteiger partial charge on any atom is -0.322 e. The topological polar surface area (TPSA) is 9.72 Å². The van der Waals surface area contributed by atoms with Crippen molar-refractivity contribution in [3.8, 4) is 0 Å². The molecule has 0 aliphatic heterocycles. The van der Waals surface area contributed by atoms with Gasteiger partial charge in [0.15, 0.2) is 16.8 Å². The maximum absolute atomic E-state index is 3.03. The summed E-state index contributed by atoms with van der Waals surface area (Å²) in [4.78, 5) is 0. The molecule has 0 aromatic carbocycles. The highest BCUT2D eigenvalue weighted by molar-refractivity contribution is 6.88. The average molecular weight is 388 g/mol. The lowest BCUT2D eigenvalue weighted by molar-refractivity contribution is 0.243. The molecule has 0 spiro atoms. The second-order valence-corrected chi connectivity index (χ2v) is 18.2. The molecule has 0 aromatic heterocycles. The molecule has 0 aliphatic carbocycles. The average Bonchev–Trinajstić information content (AvgIpc) is 2.34. The van der Waals surface area contributed by atoms with Crippen molar-refractivity contribution in [1.29, 1.82) is 0 Å². The van der Waals surface area contributed by atoms with Crippen LogP contribution in [0.2, 0.25) is 26.2 Å². The summed E-state index contributed by atoms with van der Waals surface area (Å²) in [5.74, 6) is 0. The van der Waals surface area contributed by atoms with Gasteiger partial charge in [0.2, 0.25) is 0 Å². The van der Waals surface area contributed by atoms with Crippen molar-refractivity contribution in [3.05, 3.63) is 0 Å². The molecule has 0 saturated heterocycles. The number of hydrogen-bond donors (Lipinski definition) is 0. The van der Waals surface area contributed by atoms with Crippen molar-refractivity contribution in [2.24, 2.45) is 0 Å². The minimum atomic E-state index is -1.73. The van der Waals surface area contributed by atoms with Crippen molar-refractivity contribution in [3.63, 3.8) is 0 Å². The SMILES string of the molecule is CCCCN([Si](C)(C)N(C(C)C)C(C)C)[Si](C)(C)N(C(C)C)C(C)C. The van der Waals surface area contributed by atoms with E-state index >= 15 is 0 Å². The molecule has 0 radical (unpaired) electrons. The molecule has 0 amide bonds. The summed E-state index contributed by atoms with van der Waals surface area (Å²) in [5, 5.41) is 0. The Bertz CT molecular complexity index is 331. The maximum atomic E-state index is 3.03. The van der Waals surface area contributed by atoms with Gasteiger partial charge in [-0.2, -0.15) is 0 Å². The second-order valence-electron chi connectivity index (χ2n) is 9.68. The van der Waals surface area contributed by atoms with Crippen molar-refractivity contribution in [1.82, 2.24) is 13.4 Å². The van der Waals surface area contributed by atoms with Gasteiger partial charge in [-0.25, -0.2) is 0 Å². The third kappa shape index (κ3) is 6.16. The molecule has 25 heavy (non-hydrogen) atoms. The van der Waals surface area contributed by atoms with Gasteiger partial charge in [-0.15, -0.1) is 0 Å². The highest BCUT2D eigenvalue weighted by Crippen LogP contribution is 2.31. The van der Waals surface area contributed by atoms with Gasteiger partial charge in [-0.3, -0.25) is 0 Å². The Morgan fingerprint density at radius 1 is 0.600 bits per heavy atom. The van der Waals surface area contributed by atoms with Crippen molar-refractivity contribution in [2.45, 2.75) is 126 Å². The fourth-order valence-corrected chi connectivity index (χ4v) is 18.6. The minimum absolute atomic E-state index is 0.599. The molecule has 0 fully saturated rings. The first-order chi connectivity index (χ1) is 11.2. The smallest absolute Gasteiger partial charge is 0.195 e. The number of unbranched alkanes of at least 4 members (excludes halogenated alkanes) is 1. The highest BCUT2D eigenvalue weighted by Gasteiger charge is 2.49. The van der Waals surface area contributed by atoms with E-state index in [4.69, 9.17) is 0 Å². The fraction of sp³-hybridized carbons (Fsp3) is 1.00. The summed E-state index contributed by atoms with van der Waals surface area (Å²) in [6, 6.07) is 2.40. The number of hydrogen-bond acceptors (Lipinski definition) is 3. The van der Waals surface area contributed by atoms with Gasteiger partial charge < -0.3 is 13.4 Å². The van der Waals surface area contributed by atoms with Gasteiger partial charge >= 0.3 is 0 Å². The fourth-order valence-electron chi connectivity index (χ4n) is 5.53. The quantitative estimate of drug-likeness (QED) is 0.419. The van der Waals surface area contributed by atoms with Crippen LogP contribution in [-0.2, 0) is 0 Å². The van der Waals surface area contributed by atoms with Crippen LogP contribution in [0.5, 0.6) is 0 Å². The third-order valence-corrected chi connectivity index (χ3v) is 16.5. The first kappa shape index (κ1) is 25.3. The monoisotopic (exact) mass is 387 g/mol. The zero-order valence-electron chi connectivity index (χ0n) is 19.8. The first-order valence-corrected chi connectivity index (χ1v) is 16.4. The molecule has 0 N–H and O–H groups in total. The molecule has 0 saturated carbocycles. The summed E-state index contributed by atoms with van der Waals surface area (Å²) >= 11 is 0. The normalized spacial score (nSPS) is 14.4. The molecule has 0 atom stereocenters. The molecule has 0 aromatic rings. The van der Waals surface area contributed by atoms with Crippen LogP contribution < -0.4 is 0 Å². The van der Waals surface area contributed by atoms with Crippen molar-refractivity contribution in [2.75, 3.05) is 6.54 Å². The standard InChI is InChI=1S/C20H49N3Si2/c1-14-15-16-21(24(10,11)22(17(2)3)18(4)5)25(12,13)23(19(6)7)20(8)9/h17-20H,14-16H2,1-13H3. The number of nitrogens with zero attached hydrogens (tertiary/aromatic N) is 3. The van der Waals surface area contributed by atoms with E-state index in [1.54, 1.807) is 0 Å². The Balaban J connectivity index is 6.12. The molecular formula is C20H49N3Si2. The van der Waals surface area contributed by atoms with Crippen LogP contribution in [-0.4, -0.2) is 60.9 Å². The van der Waals surface area contributed by atoms with Crippen molar-refractivity contribution >= 4 is 16.8 Å². The molecule has 0 heterocycles. The molecule has 0 rings (SSSR count). The first-order valence-electron chi connectivity index (χ1n) is 10.6. The molecule has 5 heteroatoms. The molecular weight excluding hydrogens is 338 g/mol. The zero-order valence-corrected chi connectivity index (χ0v) is 21.8. The van der Waals surface area contributed by atoms with Crippen LogP contribution in [0.4, 0.5) is 0 Å². The lowest BCUT2D eigenvalue weighted by Gasteiger charge is -2.58. The third-order valence-electron chi connectivity index (χ3n) is 5.55. The Morgan fingerprint density at radius 2 is 0.880 bits per heavy atom. The lowest BCUT2D eigenvalue weighted by atomic mass is 10.3. The molecule has 0 bridgehead atoms. The molecule has 3 nitrogen and oxygen atoms in total. The predicted octanol–water partition coefficient (Wildman–Crippen LogP) is 5.73. The van der Waals surface area contributed by atoms with Gasteiger partial charge in [-0.1, -0.05) is 68.7 Å². The number of rotatable bonds is 11. The molecule has 0 unspecified atom stereocenters. The van der Waals surface area contributed by atoms with Gasteiger partial charge in [0.25, 0.3) is 0 Å². The van der Waals surface area contributed by atoms with Gasteiger partial charge in [0, 0.05) is 0 Å². The molecule has 0 aliphatic rings. The Hall–Kier alpha value is 0.314. The highest BCUT2D eigenvalue weighted by atomic mass is 28.4. The van der Waals surface area contributed by atoms with Crippen LogP contribution in [0.3, 0.4) is 0 Å². The van der Waals surface area contributed by atoms with E-state index in [1.807, 2.05) is 0 Å². The van der Waals surface area contributed by atoms with E-state index in [0.29, 0.717) is 24.2 Å². The summed E-state index contributed by atoms with van der Waals surface area (Å²) < 4.78 is 8.72. The van der Waals surface area contributed by atoms with Crippen LogP contribution in [0.15, 0.2) is 0 Å². The second kappa shape index (κ2) is 10.0. The lowest BCUT2D eigenvalue weighted by Crippen LogP contribution is -2.77. The van der Waals surface area contributed by atoms with Crippen LogP contribution >= 0.6 is 0 Å². The van der Waals surface area contributed by atoms with E-state index < -0.39 is 16.8 Å². The van der Waals surface area contributed by atoms with Crippen molar-refractivity contribution < 1.29 is 0 Å². The van der Waals surface area contributed by atoms with E-state index in [-0.39, 0.29) is 0 Å². The Kier molecular flexibility index (Phi) is 10.1. The maximum Gasteiger partial charge on any atom is 0.195 e. The van der Waals surface area contributed by atoms with Gasteiger partial charge in [-0.05, 0) is 63.3 Å². The van der Waals surface area contributed by atoms with Crippen LogP contribution in [0.25, 0.3) is 0 Å². The van der Waals surface area contributed by atoms with Crippen LogP contribution in [0.1, 0.15) is 75.2 Å². The van der Waals surface area contributed by atoms with Gasteiger partial charge in [0.1, 0.15) is 0 Å². The Labute approximate surface area is 162 Å². The predicted molar refractivity (Wildman–Crippen MR) is 121 cm³/mol. The van der Waals surface area contributed by atoms with E-state index in [2.05, 4.69) is 102 Å². The summed E-state index contributed by atoms with van der Waals surface area (Å²) in [6.45, 7) is 33.0. The van der Waals surface area contributed by atoms with E-state index in [0.717, 1.165) is 0 Å². The zero-order chi connectivity index (χ0) is 20.2. The largest absolute Gasteiger partial charge is 0.322 e.